The highest BCUT2D eigenvalue weighted by Crippen LogP contribution is 2.36. The zero-order chi connectivity index (χ0) is 19.0. The van der Waals surface area contributed by atoms with Crippen molar-refractivity contribution < 1.29 is 9.84 Å². The van der Waals surface area contributed by atoms with Crippen molar-refractivity contribution >= 4 is 5.90 Å². The monoisotopic (exact) mass is 368 g/mol. The molecule has 2 N–H and O–H groups in total. The smallest absolute Gasteiger partial charge is 0.229 e. The van der Waals surface area contributed by atoms with Gasteiger partial charge in [-0.05, 0) is 61.3 Å². The molecule has 1 aromatic heterocycles. The summed E-state index contributed by atoms with van der Waals surface area (Å²) < 4.78 is 7.55. The fraction of sp³-hybridized carbons (Fsp3) is 0.524. The summed E-state index contributed by atoms with van der Waals surface area (Å²) in [6.45, 7) is 7.34. The predicted molar refractivity (Wildman–Crippen MR) is 105 cm³/mol. The molecule has 0 radical (unpaired) electrons. The van der Waals surface area contributed by atoms with Gasteiger partial charge in [0.2, 0.25) is 5.90 Å². The van der Waals surface area contributed by atoms with E-state index in [1.807, 2.05) is 11.6 Å². The number of aromatic hydroxyl groups is 1. The second-order valence-electron chi connectivity index (χ2n) is 7.38. The van der Waals surface area contributed by atoms with Crippen LogP contribution in [0.1, 0.15) is 59.5 Å². The van der Waals surface area contributed by atoms with E-state index in [0.29, 0.717) is 24.9 Å². The third-order valence-electron chi connectivity index (χ3n) is 5.73. The topological polar surface area (TPSA) is 71.7 Å². The molecule has 1 aromatic carbocycles. The van der Waals surface area contributed by atoms with E-state index < -0.39 is 0 Å². The van der Waals surface area contributed by atoms with Gasteiger partial charge in [-0.3, -0.25) is 10.1 Å². The van der Waals surface area contributed by atoms with Crippen LogP contribution in [-0.2, 0) is 43.4 Å². The lowest BCUT2D eigenvalue weighted by Crippen LogP contribution is -2.14. The molecule has 6 heteroatoms. The van der Waals surface area contributed by atoms with E-state index in [2.05, 4.69) is 30.4 Å². The van der Waals surface area contributed by atoms with Gasteiger partial charge in [-0.1, -0.05) is 19.9 Å². The Balaban J connectivity index is 1.73. The summed E-state index contributed by atoms with van der Waals surface area (Å²) >= 11 is 0. The second kappa shape index (κ2) is 7.25. The molecule has 4 rings (SSSR count). The molecule has 1 aliphatic heterocycles. The van der Waals surface area contributed by atoms with Crippen molar-refractivity contribution in [2.24, 2.45) is 5.10 Å². The lowest BCUT2D eigenvalue weighted by molar-refractivity contribution is 0.304. The summed E-state index contributed by atoms with van der Waals surface area (Å²) in [5, 5.41) is 19.5. The summed E-state index contributed by atoms with van der Waals surface area (Å²) in [4.78, 5) is 0. The van der Waals surface area contributed by atoms with Crippen molar-refractivity contribution in [3.05, 3.63) is 45.3 Å². The molecule has 2 heterocycles. The van der Waals surface area contributed by atoms with Crippen LogP contribution in [0.5, 0.6) is 5.75 Å². The van der Waals surface area contributed by atoms with Gasteiger partial charge in [0.1, 0.15) is 12.3 Å². The molecule has 0 bridgehead atoms. The number of hydrogen-bond acceptors (Lipinski definition) is 5. The van der Waals surface area contributed by atoms with E-state index in [0.717, 1.165) is 55.3 Å². The summed E-state index contributed by atoms with van der Waals surface area (Å²) in [5.74, 6) is 1.18. The van der Waals surface area contributed by atoms with E-state index >= 15 is 0 Å². The van der Waals surface area contributed by atoms with Crippen LogP contribution < -0.4 is 5.43 Å². The third-order valence-corrected chi connectivity index (χ3v) is 5.73. The third kappa shape index (κ3) is 3.17. The van der Waals surface area contributed by atoms with Crippen LogP contribution in [0.3, 0.4) is 0 Å². The number of phenolic OH excluding ortho intramolecular Hbond substituents is 1. The number of hydrogen-bond donors (Lipinski definition) is 2. The minimum Gasteiger partial charge on any atom is -0.507 e. The Morgan fingerprint density at radius 1 is 1.22 bits per heavy atom. The minimum atomic E-state index is 0.435. The van der Waals surface area contributed by atoms with Crippen LogP contribution >= 0.6 is 0 Å². The van der Waals surface area contributed by atoms with Crippen LogP contribution in [0.4, 0.5) is 0 Å². The van der Waals surface area contributed by atoms with Gasteiger partial charge in [-0.2, -0.15) is 5.10 Å². The molecular weight excluding hydrogens is 340 g/mol. The van der Waals surface area contributed by atoms with Crippen molar-refractivity contribution in [2.45, 2.75) is 65.8 Å². The number of rotatable bonds is 6. The molecule has 0 saturated heterocycles. The normalized spacial score (nSPS) is 15.4. The fourth-order valence-electron chi connectivity index (χ4n) is 4.44. The maximum Gasteiger partial charge on any atom is 0.229 e. The van der Waals surface area contributed by atoms with Gasteiger partial charge in [0, 0.05) is 17.7 Å². The van der Waals surface area contributed by atoms with Crippen LogP contribution in [0.25, 0.3) is 0 Å². The molecule has 0 amide bonds. The first kappa shape index (κ1) is 17.9. The average molecular weight is 368 g/mol. The van der Waals surface area contributed by atoms with Crippen molar-refractivity contribution in [2.75, 3.05) is 6.73 Å². The SMILES string of the molecule is CCc1nn(CC2=NNCO2)c(CC)c1Cc1cc(C)c(O)c2c1CCC2. The van der Waals surface area contributed by atoms with Crippen molar-refractivity contribution in [3.63, 3.8) is 0 Å². The number of aryl methyl sites for hydroxylation is 2. The average Bonchev–Trinajstić information content (AvgIpc) is 3.40. The summed E-state index contributed by atoms with van der Waals surface area (Å²) in [6, 6.07) is 2.17. The lowest BCUT2D eigenvalue weighted by atomic mass is 9.92. The summed E-state index contributed by atoms with van der Waals surface area (Å²) in [5.41, 5.74) is 11.4. The maximum absolute atomic E-state index is 10.4. The van der Waals surface area contributed by atoms with Crippen molar-refractivity contribution in [1.29, 1.82) is 0 Å². The van der Waals surface area contributed by atoms with Crippen LogP contribution in [0, 0.1) is 6.92 Å². The van der Waals surface area contributed by atoms with E-state index in [4.69, 9.17) is 9.84 Å². The number of hydrazone groups is 1. The fourth-order valence-corrected chi connectivity index (χ4v) is 4.44. The molecule has 2 aliphatic rings. The highest BCUT2D eigenvalue weighted by atomic mass is 16.5. The summed E-state index contributed by atoms with van der Waals surface area (Å²) in [6.07, 6.45) is 5.88. The largest absolute Gasteiger partial charge is 0.507 e. The Bertz CT molecular complexity index is 898. The lowest BCUT2D eigenvalue weighted by Gasteiger charge is -2.14. The Labute approximate surface area is 160 Å². The Morgan fingerprint density at radius 3 is 2.74 bits per heavy atom. The van der Waals surface area contributed by atoms with Crippen molar-refractivity contribution in [1.82, 2.24) is 15.2 Å². The summed E-state index contributed by atoms with van der Waals surface area (Å²) in [7, 11) is 0. The minimum absolute atomic E-state index is 0.435. The Kier molecular flexibility index (Phi) is 4.81. The Hall–Kier alpha value is -2.50. The first-order valence-corrected chi connectivity index (χ1v) is 9.95. The first-order valence-electron chi connectivity index (χ1n) is 9.95. The highest BCUT2D eigenvalue weighted by Gasteiger charge is 2.24. The number of ether oxygens (including phenoxy) is 1. The molecule has 2 aromatic rings. The number of aromatic nitrogens is 2. The van der Waals surface area contributed by atoms with Gasteiger partial charge in [-0.15, -0.1) is 5.10 Å². The molecule has 0 spiro atoms. The molecule has 144 valence electrons. The van der Waals surface area contributed by atoms with Crippen LogP contribution in [0.2, 0.25) is 0 Å². The van der Waals surface area contributed by atoms with E-state index in [9.17, 15) is 5.11 Å². The standard InChI is InChI=1S/C21H28N4O2/c1-4-18-17(19(5-2)25(24-18)11-20-23-22-12-27-20)10-14-9-13(3)21(26)16-8-6-7-15(14)16/h9,22,26H,4-8,10-12H2,1-3H3. The molecule has 0 atom stereocenters. The van der Waals surface area contributed by atoms with Gasteiger partial charge >= 0.3 is 0 Å². The molecule has 0 unspecified atom stereocenters. The van der Waals surface area contributed by atoms with Crippen LogP contribution in [0.15, 0.2) is 11.2 Å². The number of benzene rings is 1. The van der Waals surface area contributed by atoms with Gasteiger partial charge in [0.25, 0.3) is 0 Å². The number of nitrogens with zero attached hydrogens (tertiary/aromatic N) is 3. The van der Waals surface area contributed by atoms with Gasteiger partial charge in [-0.25, -0.2) is 0 Å². The molecule has 27 heavy (non-hydrogen) atoms. The molecule has 1 aliphatic carbocycles. The molecule has 0 saturated carbocycles. The quantitative estimate of drug-likeness (QED) is 0.822. The van der Waals surface area contributed by atoms with Gasteiger partial charge in [0.05, 0.1) is 5.69 Å². The van der Waals surface area contributed by atoms with Crippen molar-refractivity contribution in [3.8, 4) is 5.75 Å². The molecule has 6 nitrogen and oxygen atoms in total. The number of nitrogens with one attached hydrogen (secondary N) is 1. The molecular formula is C21H28N4O2. The number of fused-ring (bicyclic) bond motifs is 1. The molecule has 0 fully saturated rings. The maximum atomic E-state index is 10.4. The van der Waals surface area contributed by atoms with Gasteiger partial charge < -0.3 is 9.84 Å². The van der Waals surface area contributed by atoms with E-state index in [1.54, 1.807) is 0 Å². The zero-order valence-corrected chi connectivity index (χ0v) is 16.4. The second-order valence-corrected chi connectivity index (χ2v) is 7.38. The van der Waals surface area contributed by atoms with E-state index in [1.165, 1.54) is 22.4 Å². The predicted octanol–water partition coefficient (Wildman–Crippen LogP) is 2.99. The number of phenols is 1. The van der Waals surface area contributed by atoms with Crippen LogP contribution in [-0.4, -0.2) is 27.5 Å². The van der Waals surface area contributed by atoms with Gasteiger partial charge in [0.15, 0.2) is 6.73 Å². The highest BCUT2D eigenvalue weighted by molar-refractivity contribution is 5.76. The first-order chi connectivity index (χ1) is 13.1. The zero-order valence-electron chi connectivity index (χ0n) is 16.4. The van der Waals surface area contributed by atoms with E-state index in [-0.39, 0.29) is 0 Å². The Morgan fingerprint density at radius 2 is 2.04 bits per heavy atom.